The molecule has 1 heterocycles. The predicted molar refractivity (Wildman–Crippen MR) is 60.3 cm³/mol. The van der Waals surface area contributed by atoms with Crippen LogP contribution in [0.15, 0.2) is 6.20 Å². The summed E-state index contributed by atoms with van der Waals surface area (Å²) in [6, 6.07) is 0. The van der Waals surface area contributed by atoms with Crippen LogP contribution in [-0.4, -0.2) is 29.7 Å². The van der Waals surface area contributed by atoms with Crippen molar-refractivity contribution in [1.82, 2.24) is 9.78 Å². The van der Waals surface area contributed by atoms with Crippen LogP contribution in [-0.2, 0) is 16.4 Å². The van der Waals surface area contributed by atoms with Gasteiger partial charge in [-0.3, -0.25) is 4.68 Å². The lowest BCUT2D eigenvalue weighted by Crippen LogP contribution is -2.16. The molecule has 0 atom stereocenters. The Morgan fingerprint density at radius 1 is 1.47 bits per heavy atom. The minimum atomic E-state index is -2.94. The minimum Gasteiger partial charge on any atom is -0.382 e. The van der Waals surface area contributed by atoms with E-state index in [0.717, 1.165) is 5.56 Å². The van der Waals surface area contributed by atoms with Gasteiger partial charge in [0.1, 0.15) is 5.82 Å². The molecule has 0 saturated carbocycles. The van der Waals surface area contributed by atoms with E-state index in [-0.39, 0.29) is 11.5 Å². The molecule has 6 heteroatoms. The van der Waals surface area contributed by atoms with Gasteiger partial charge in [-0.05, 0) is 13.3 Å². The van der Waals surface area contributed by atoms with Crippen molar-refractivity contribution in [3.63, 3.8) is 0 Å². The predicted octanol–water partition coefficient (Wildman–Crippen LogP) is 0.599. The molecule has 0 aliphatic rings. The van der Waals surface area contributed by atoms with Gasteiger partial charge in [0.25, 0.3) is 0 Å². The molecule has 15 heavy (non-hydrogen) atoms. The first kappa shape index (κ1) is 12.0. The molecule has 2 N–H and O–H groups in total. The molecular weight excluding hydrogens is 214 g/mol. The number of rotatable bonds is 5. The molecule has 0 radical (unpaired) electrons. The van der Waals surface area contributed by atoms with E-state index in [2.05, 4.69) is 5.10 Å². The number of nitrogens with two attached hydrogens (primary N) is 1. The number of nitrogens with zero attached hydrogens (tertiary/aromatic N) is 2. The summed E-state index contributed by atoms with van der Waals surface area (Å²) in [7, 11) is -2.94. The molecule has 0 aliphatic carbocycles. The van der Waals surface area contributed by atoms with Crippen LogP contribution in [0.25, 0.3) is 0 Å². The van der Waals surface area contributed by atoms with E-state index in [9.17, 15) is 8.42 Å². The van der Waals surface area contributed by atoms with Crippen molar-refractivity contribution in [1.29, 1.82) is 0 Å². The van der Waals surface area contributed by atoms with E-state index >= 15 is 0 Å². The van der Waals surface area contributed by atoms with Gasteiger partial charge in [0.05, 0.1) is 12.3 Å². The molecule has 5 nitrogen and oxygen atoms in total. The third kappa shape index (κ3) is 3.54. The summed E-state index contributed by atoms with van der Waals surface area (Å²) in [5, 5.41) is 4.00. The maximum absolute atomic E-state index is 11.4. The highest BCUT2D eigenvalue weighted by molar-refractivity contribution is 7.91. The second-order valence-electron chi connectivity index (χ2n) is 3.61. The van der Waals surface area contributed by atoms with E-state index in [4.69, 9.17) is 5.73 Å². The van der Waals surface area contributed by atoms with Crippen molar-refractivity contribution in [2.45, 2.75) is 26.8 Å². The van der Waals surface area contributed by atoms with Crippen LogP contribution >= 0.6 is 0 Å². The molecule has 0 amide bonds. The quantitative estimate of drug-likeness (QED) is 0.805. The van der Waals surface area contributed by atoms with E-state index in [1.807, 2.05) is 13.8 Å². The highest BCUT2D eigenvalue weighted by atomic mass is 32.2. The first-order valence-corrected chi connectivity index (χ1v) is 6.76. The molecule has 1 aromatic heterocycles. The Morgan fingerprint density at radius 3 is 2.60 bits per heavy atom. The summed E-state index contributed by atoms with van der Waals surface area (Å²) in [5.74, 6) is 0.826. The van der Waals surface area contributed by atoms with E-state index in [1.54, 1.807) is 10.9 Å². The summed E-state index contributed by atoms with van der Waals surface area (Å²) in [6.45, 7) is 4.08. The van der Waals surface area contributed by atoms with Crippen molar-refractivity contribution in [3.8, 4) is 0 Å². The zero-order chi connectivity index (χ0) is 11.5. The topological polar surface area (TPSA) is 78.0 Å². The molecule has 0 unspecified atom stereocenters. The van der Waals surface area contributed by atoms with Gasteiger partial charge in [-0.25, -0.2) is 8.42 Å². The molecule has 0 bridgehead atoms. The van der Waals surface area contributed by atoms with Gasteiger partial charge in [-0.1, -0.05) is 6.92 Å². The molecule has 0 fully saturated rings. The van der Waals surface area contributed by atoms with Crippen molar-refractivity contribution in [2.24, 2.45) is 0 Å². The maximum atomic E-state index is 11.4. The first-order chi connectivity index (χ1) is 6.94. The summed E-state index contributed by atoms with van der Waals surface area (Å²) in [6.07, 6.45) is 2.42. The molecule has 86 valence electrons. The monoisotopic (exact) mass is 231 g/mol. The molecular formula is C9H17N3O2S. The summed E-state index contributed by atoms with van der Waals surface area (Å²) in [5.41, 5.74) is 6.43. The van der Waals surface area contributed by atoms with Crippen molar-refractivity contribution < 1.29 is 8.42 Å². The fourth-order valence-corrected chi connectivity index (χ4v) is 2.59. The number of nitrogen functional groups attached to an aromatic ring is 1. The van der Waals surface area contributed by atoms with Crippen LogP contribution in [0.1, 0.15) is 18.9 Å². The Labute approximate surface area is 90.2 Å². The van der Waals surface area contributed by atoms with E-state index in [1.165, 1.54) is 0 Å². The van der Waals surface area contributed by atoms with Crippen LogP contribution in [0.4, 0.5) is 5.82 Å². The maximum Gasteiger partial charge on any atom is 0.152 e. The number of hydrogen-bond donors (Lipinski definition) is 1. The average molecular weight is 231 g/mol. The summed E-state index contributed by atoms with van der Waals surface area (Å²) < 4.78 is 24.4. The van der Waals surface area contributed by atoms with Crippen LogP contribution in [0.3, 0.4) is 0 Å². The minimum absolute atomic E-state index is 0.126. The van der Waals surface area contributed by atoms with Gasteiger partial charge in [0, 0.05) is 17.5 Å². The largest absolute Gasteiger partial charge is 0.382 e. The third-order valence-corrected chi connectivity index (χ3v) is 3.96. The fraction of sp³-hybridized carbons (Fsp3) is 0.667. The first-order valence-electron chi connectivity index (χ1n) is 4.94. The van der Waals surface area contributed by atoms with Crippen LogP contribution in [0.5, 0.6) is 0 Å². The zero-order valence-electron chi connectivity index (χ0n) is 9.10. The van der Waals surface area contributed by atoms with E-state index < -0.39 is 9.84 Å². The van der Waals surface area contributed by atoms with Gasteiger partial charge < -0.3 is 5.73 Å². The number of hydrogen-bond acceptors (Lipinski definition) is 4. The average Bonchev–Trinajstić information content (AvgIpc) is 2.44. The Hall–Kier alpha value is -1.04. The fourth-order valence-electron chi connectivity index (χ4n) is 1.30. The molecule has 0 aliphatic heterocycles. The van der Waals surface area contributed by atoms with Crippen molar-refractivity contribution >= 4 is 15.7 Å². The van der Waals surface area contributed by atoms with E-state index in [0.29, 0.717) is 18.8 Å². The van der Waals surface area contributed by atoms with Crippen molar-refractivity contribution in [2.75, 3.05) is 17.2 Å². The van der Waals surface area contributed by atoms with Crippen LogP contribution in [0.2, 0.25) is 0 Å². The van der Waals surface area contributed by atoms with Gasteiger partial charge in [0.2, 0.25) is 0 Å². The molecule has 0 aromatic carbocycles. The van der Waals surface area contributed by atoms with Crippen LogP contribution in [0, 0.1) is 6.92 Å². The van der Waals surface area contributed by atoms with Gasteiger partial charge in [-0.15, -0.1) is 0 Å². The van der Waals surface area contributed by atoms with Crippen molar-refractivity contribution in [3.05, 3.63) is 11.8 Å². The molecule has 0 spiro atoms. The lowest BCUT2D eigenvalue weighted by molar-refractivity contribution is 0.580. The molecule has 0 saturated heterocycles. The number of aromatic nitrogens is 2. The number of aryl methyl sites for hydroxylation is 2. The zero-order valence-corrected chi connectivity index (χ0v) is 9.92. The second-order valence-corrected chi connectivity index (χ2v) is 5.92. The SMILES string of the molecule is CCCS(=O)(=O)CCn1cc(C)c(N)n1. The third-order valence-electron chi connectivity index (χ3n) is 2.13. The van der Waals surface area contributed by atoms with Gasteiger partial charge >= 0.3 is 0 Å². The van der Waals surface area contributed by atoms with Gasteiger partial charge in [0.15, 0.2) is 9.84 Å². The normalized spacial score (nSPS) is 11.9. The molecule has 1 aromatic rings. The van der Waals surface area contributed by atoms with Crippen LogP contribution < -0.4 is 5.73 Å². The summed E-state index contributed by atoms with van der Waals surface area (Å²) in [4.78, 5) is 0. The number of anilines is 1. The number of sulfone groups is 1. The standard InChI is InChI=1S/C9H17N3O2S/c1-3-5-15(13,14)6-4-12-7-8(2)9(10)11-12/h7H,3-6H2,1-2H3,(H2,10,11). The smallest absolute Gasteiger partial charge is 0.152 e. The Bertz CT molecular complexity index is 403. The Kier molecular flexibility index (Phi) is 3.73. The lowest BCUT2D eigenvalue weighted by atomic mass is 10.4. The Morgan fingerprint density at radius 2 is 2.13 bits per heavy atom. The second kappa shape index (κ2) is 4.65. The lowest BCUT2D eigenvalue weighted by Gasteiger charge is -2.02. The summed E-state index contributed by atoms with van der Waals surface area (Å²) >= 11 is 0. The van der Waals surface area contributed by atoms with Gasteiger partial charge in [-0.2, -0.15) is 5.10 Å². The Balaban J connectivity index is 2.57. The highest BCUT2D eigenvalue weighted by Gasteiger charge is 2.10. The molecule has 1 rings (SSSR count). The highest BCUT2D eigenvalue weighted by Crippen LogP contribution is 2.06.